The highest BCUT2D eigenvalue weighted by molar-refractivity contribution is 5.33. The maximum atomic E-state index is 3.57. The van der Waals surface area contributed by atoms with Crippen LogP contribution in [0.2, 0.25) is 0 Å². The van der Waals surface area contributed by atoms with E-state index in [1.807, 2.05) is 0 Å². The van der Waals surface area contributed by atoms with Gasteiger partial charge in [0.15, 0.2) is 0 Å². The summed E-state index contributed by atoms with van der Waals surface area (Å²) in [5.41, 5.74) is 2.99. The van der Waals surface area contributed by atoms with Crippen LogP contribution in [0, 0.1) is 5.92 Å². The van der Waals surface area contributed by atoms with Gasteiger partial charge in [0.05, 0.1) is 0 Å². The maximum Gasteiger partial charge on any atom is 0.0352 e. The van der Waals surface area contributed by atoms with E-state index in [0.717, 1.165) is 12.5 Å². The molecule has 1 aliphatic rings. The third-order valence-electron chi connectivity index (χ3n) is 3.12. The summed E-state index contributed by atoms with van der Waals surface area (Å²) >= 11 is 0. The van der Waals surface area contributed by atoms with Crippen molar-refractivity contribution in [2.45, 2.75) is 32.9 Å². The zero-order chi connectivity index (χ0) is 9.26. The molecule has 2 rings (SSSR count). The molecule has 1 aliphatic heterocycles. The fourth-order valence-corrected chi connectivity index (χ4v) is 2.07. The summed E-state index contributed by atoms with van der Waals surface area (Å²) in [6.07, 6.45) is 1.24. The van der Waals surface area contributed by atoms with Gasteiger partial charge in [-0.3, -0.25) is 0 Å². The van der Waals surface area contributed by atoms with Crippen LogP contribution in [0.1, 0.15) is 37.4 Å². The Morgan fingerprint density at radius 3 is 3.00 bits per heavy atom. The number of hydrogen-bond donors (Lipinski definition) is 1. The van der Waals surface area contributed by atoms with Gasteiger partial charge in [-0.1, -0.05) is 44.5 Å². The number of fused-ring (bicyclic) bond motifs is 1. The first-order chi connectivity index (χ1) is 6.33. The van der Waals surface area contributed by atoms with E-state index in [9.17, 15) is 0 Å². The van der Waals surface area contributed by atoms with Gasteiger partial charge in [0.1, 0.15) is 0 Å². The van der Waals surface area contributed by atoms with Gasteiger partial charge in [0, 0.05) is 12.6 Å². The highest BCUT2D eigenvalue weighted by Crippen LogP contribution is 2.31. The molecule has 1 N–H and O–H groups in total. The van der Waals surface area contributed by atoms with Crippen molar-refractivity contribution >= 4 is 0 Å². The van der Waals surface area contributed by atoms with Crippen LogP contribution < -0.4 is 5.32 Å². The minimum atomic E-state index is 0.584. The molecule has 2 unspecified atom stereocenters. The van der Waals surface area contributed by atoms with E-state index in [1.165, 1.54) is 17.5 Å². The smallest absolute Gasteiger partial charge is 0.0352 e. The molecule has 0 saturated carbocycles. The summed E-state index contributed by atoms with van der Waals surface area (Å²) in [7, 11) is 0. The molecule has 1 nitrogen and oxygen atoms in total. The average molecular weight is 175 g/mol. The Morgan fingerprint density at radius 1 is 1.46 bits per heavy atom. The van der Waals surface area contributed by atoms with Gasteiger partial charge >= 0.3 is 0 Å². The van der Waals surface area contributed by atoms with E-state index in [1.54, 1.807) is 0 Å². The summed E-state index contributed by atoms with van der Waals surface area (Å²) < 4.78 is 0. The third kappa shape index (κ3) is 1.49. The summed E-state index contributed by atoms with van der Waals surface area (Å²) in [5.74, 6) is 0.739. The van der Waals surface area contributed by atoms with E-state index < -0.39 is 0 Å². The predicted molar refractivity (Wildman–Crippen MR) is 55.5 cm³/mol. The second-order valence-corrected chi connectivity index (χ2v) is 3.94. The van der Waals surface area contributed by atoms with Crippen LogP contribution in [0.25, 0.3) is 0 Å². The van der Waals surface area contributed by atoms with Gasteiger partial charge in [0.25, 0.3) is 0 Å². The van der Waals surface area contributed by atoms with Gasteiger partial charge in [-0.15, -0.1) is 0 Å². The van der Waals surface area contributed by atoms with Crippen molar-refractivity contribution in [1.82, 2.24) is 5.32 Å². The fraction of sp³-hybridized carbons (Fsp3) is 0.500. The molecule has 0 amide bonds. The number of nitrogens with one attached hydrogen (secondary N) is 1. The molecule has 0 aliphatic carbocycles. The predicted octanol–water partition coefficient (Wildman–Crippen LogP) is 2.88. The van der Waals surface area contributed by atoms with Crippen molar-refractivity contribution < 1.29 is 0 Å². The Kier molecular flexibility index (Phi) is 2.36. The van der Waals surface area contributed by atoms with Crippen LogP contribution >= 0.6 is 0 Å². The fourth-order valence-electron chi connectivity index (χ4n) is 2.07. The van der Waals surface area contributed by atoms with Gasteiger partial charge in [-0.2, -0.15) is 0 Å². The molecule has 0 saturated heterocycles. The van der Waals surface area contributed by atoms with Crippen molar-refractivity contribution in [3.8, 4) is 0 Å². The largest absolute Gasteiger partial charge is 0.306 e. The summed E-state index contributed by atoms with van der Waals surface area (Å²) in [6, 6.07) is 9.33. The molecule has 70 valence electrons. The Hall–Kier alpha value is -0.820. The molecule has 0 fully saturated rings. The first kappa shape index (κ1) is 8.76. The molecule has 1 aromatic carbocycles. The number of benzene rings is 1. The SMILES string of the molecule is CCC(C)C1NCc2ccccc21. The molecule has 2 atom stereocenters. The van der Waals surface area contributed by atoms with Gasteiger partial charge in [-0.05, 0) is 17.0 Å². The van der Waals surface area contributed by atoms with Gasteiger partial charge < -0.3 is 5.32 Å². The second-order valence-electron chi connectivity index (χ2n) is 3.94. The zero-order valence-electron chi connectivity index (χ0n) is 8.38. The van der Waals surface area contributed by atoms with Crippen LogP contribution in [0.3, 0.4) is 0 Å². The molecule has 0 aromatic heterocycles. The molecule has 0 spiro atoms. The van der Waals surface area contributed by atoms with Crippen molar-refractivity contribution in [2.75, 3.05) is 0 Å². The first-order valence-electron chi connectivity index (χ1n) is 5.14. The van der Waals surface area contributed by atoms with E-state index >= 15 is 0 Å². The minimum absolute atomic E-state index is 0.584. The zero-order valence-corrected chi connectivity index (χ0v) is 8.38. The number of rotatable bonds is 2. The Balaban J connectivity index is 2.28. The van der Waals surface area contributed by atoms with Gasteiger partial charge in [-0.25, -0.2) is 0 Å². The maximum absolute atomic E-state index is 3.57. The number of hydrogen-bond acceptors (Lipinski definition) is 1. The Morgan fingerprint density at radius 2 is 2.23 bits per heavy atom. The van der Waals surface area contributed by atoms with Crippen LogP contribution in [0.5, 0.6) is 0 Å². The Labute approximate surface area is 80.2 Å². The quantitative estimate of drug-likeness (QED) is 0.728. The Bertz CT molecular complexity index is 293. The highest BCUT2D eigenvalue weighted by atomic mass is 14.9. The van der Waals surface area contributed by atoms with Crippen molar-refractivity contribution in [3.63, 3.8) is 0 Å². The monoisotopic (exact) mass is 175 g/mol. The highest BCUT2D eigenvalue weighted by Gasteiger charge is 2.24. The molecular formula is C12H17N. The van der Waals surface area contributed by atoms with Crippen molar-refractivity contribution in [2.24, 2.45) is 5.92 Å². The molecule has 1 heterocycles. The normalized spacial score (nSPS) is 22.8. The van der Waals surface area contributed by atoms with Crippen LogP contribution in [-0.4, -0.2) is 0 Å². The average Bonchev–Trinajstić information content (AvgIpc) is 2.60. The lowest BCUT2D eigenvalue weighted by Gasteiger charge is -2.18. The van der Waals surface area contributed by atoms with Crippen LogP contribution in [0.15, 0.2) is 24.3 Å². The lowest BCUT2D eigenvalue weighted by atomic mass is 9.93. The third-order valence-corrected chi connectivity index (χ3v) is 3.12. The molecule has 1 heteroatoms. The molecule has 1 aromatic rings. The standard InChI is InChI=1S/C12H17N/c1-3-9(2)12-11-7-5-4-6-10(11)8-13-12/h4-7,9,12-13H,3,8H2,1-2H3. The molecule has 0 radical (unpaired) electrons. The lowest BCUT2D eigenvalue weighted by molar-refractivity contribution is 0.400. The molecule has 13 heavy (non-hydrogen) atoms. The van der Waals surface area contributed by atoms with Gasteiger partial charge in [0.2, 0.25) is 0 Å². The van der Waals surface area contributed by atoms with E-state index in [4.69, 9.17) is 0 Å². The van der Waals surface area contributed by atoms with E-state index in [0.29, 0.717) is 6.04 Å². The summed E-state index contributed by atoms with van der Waals surface area (Å²) in [5, 5.41) is 3.57. The molecular weight excluding hydrogens is 158 g/mol. The van der Waals surface area contributed by atoms with Crippen LogP contribution in [-0.2, 0) is 6.54 Å². The summed E-state index contributed by atoms with van der Waals surface area (Å²) in [4.78, 5) is 0. The van der Waals surface area contributed by atoms with Crippen molar-refractivity contribution in [3.05, 3.63) is 35.4 Å². The lowest BCUT2D eigenvalue weighted by Crippen LogP contribution is -2.19. The van der Waals surface area contributed by atoms with Crippen LogP contribution in [0.4, 0.5) is 0 Å². The van der Waals surface area contributed by atoms with E-state index in [2.05, 4.69) is 43.4 Å². The minimum Gasteiger partial charge on any atom is -0.306 e. The van der Waals surface area contributed by atoms with Crippen molar-refractivity contribution in [1.29, 1.82) is 0 Å². The topological polar surface area (TPSA) is 12.0 Å². The van der Waals surface area contributed by atoms with E-state index in [-0.39, 0.29) is 0 Å². The summed E-state index contributed by atoms with van der Waals surface area (Å²) in [6.45, 7) is 5.62. The molecule has 0 bridgehead atoms. The first-order valence-corrected chi connectivity index (χ1v) is 5.14. The second kappa shape index (κ2) is 3.51.